The van der Waals surface area contributed by atoms with Crippen LogP contribution in [0.2, 0.25) is 0 Å². The largest absolute Gasteiger partial charge is 0.462 e. The lowest BCUT2D eigenvalue weighted by Crippen LogP contribution is -2.29. The molecule has 0 saturated heterocycles. The van der Waals surface area contributed by atoms with Crippen molar-refractivity contribution in [2.45, 2.75) is 52.5 Å². The molecule has 38 heavy (non-hydrogen) atoms. The van der Waals surface area contributed by atoms with Gasteiger partial charge in [-0.15, -0.1) is 0 Å². The summed E-state index contributed by atoms with van der Waals surface area (Å²) in [6.07, 6.45) is 1.74. The summed E-state index contributed by atoms with van der Waals surface area (Å²) in [5.74, 6) is -0.400. The Labute approximate surface area is 221 Å². The zero-order chi connectivity index (χ0) is 27.0. The Morgan fingerprint density at radius 3 is 2.37 bits per heavy atom. The summed E-state index contributed by atoms with van der Waals surface area (Å²) in [6.45, 7) is 8.55. The van der Waals surface area contributed by atoms with Gasteiger partial charge in [-0.25, -0.2) is 4.79 Å². The fourth-order valence-corrected chi connectivity index (χ4v) is 4.88. The fraction of sp³-hybridized carbons (Fsp3) is 0.281. The van der Waals surface area contributed by atoms with Gasteiger partial charge in [-0.05, 0) is 66.8 Å². The molecule has 0 aliphatic carbocycles. The summed E-state index contributed by atoms with van der Waals surface area (Å²) in [4.78, 5) is 41.6. The van der Waals surface area contributed by atoms with Crippen molar-refractivity contribution < 1.29 is 18.7 Å². The van der Waals surface area contributed by atoms with Crippen LogP contribution in [-0.2, 0) is 4.74 Å². The van der Waals surface area contributed by atoms with Crippen molar-refractivity contribution in [1.29, 1.82) is 0 Å². The van der Waals surface area contributed by atoms with Gasteiger partial charge in [0.1, 0.15) is 5.58 Å². The maximum absolute atomic E-state index is 13.8. The van der Waals surface area contributed by atoms with Gasteiger partial charge in [0.05, 0.1) is 29.2 Å². The van der Waals surface area contributed by atoms with E-state index in [9.17, 15) is 14.4 Å². The number of fused-ring (bicyclic) bond motifs is 2. The van der Waals surface area contributed by atoms with Crippen molar-refractivity contribution in [3.63, 3.8) is 0 Å². The number of unbranched alkanes of at least 4 members (excludes halogenated alkanes) is 1. The number of carbonyl (C=O) groups is 2. The van der Waals surface area contributed by atoms with Gasteiger partial charge in [0.25, 0.3) is 5.91 Å². The zero-order valence-corrected chi connectivity index (χ0v) is 22.1. The zero-order valence-electron chi connectivity index (χ0n) is 22.1. The van der Waals surface area contributed by atoms with Gasteiger partial charge in [-0.2, -0.15) is 0 Å². The van der Waals surface area contributed by atoms with Crippen LogP contribution >= 0.6 is 0 Å². The van der Waals surface area contributed by atoms with Gasteiger partial charge in [0.15, 0.2) is 5.43 Å². The van der Waals surface area contributed by atoms with Crippen molar-refractivity contribution in [1.82, 2.24) is 0 Å². The predicted octanol–water partition coefficient (Wildman–Crippen LogP) is 6.93. The van der Waals surface area contributed by atoms with E-state index >= 15 is 0 Å². The molecular formula is C32H31NO5. The molecule has 1 atom stereocenters. The van der Waals surface area contributed by atoms with Gasteiger partial charge in [0, 0.05) is 5.69 Å². The monoisotopic (exact) mass is 509 g/mol. The quantitative estimate of drug-likeness (QED) is 0.199. The fourth-order valence-electron chi connectivity index (χ4n) is 4.88. The summed E-state index contributed by atoms with van der Waals surface area (Å²) in [6, 6.07) is 19.4. The Hall–Kier alpha value is -4.19. The van der Waals surface area contributed by atoms with Gasteiger partial charge in [-0.1, -0.05) is 63.1 Å². The molecule has 0 bridgehead atoms. The van der Waals surface area contributed by atoms with Gasteiger partial charge in [0.2, 0.25) is 5.76 Å². The molecule has 0 spiro atoms. The molecule has 5 rings (SSSR count). The number of nitrogens with zero attached hydrogens (tertiary/aromatic N) is 1. The number of rotatable bonds is 7. The summed E-state index contributed by atoms with van der Waals surface area (Å²) in [7, 11) is 0. The number of anilines is 1. The minimum atomic E-state index is -0.665. The molecule has 0 fully saturated rings. The molecule has 1 amide bonds. The van der Waals surface area contributed by atoms with Crippen molar-refractivity contribution in [3.8, 4) is 0 Å². The number of carbonyl (C=O) groups excluding carboxylic acids is 2. The summed E-state index contributed by atoms with van der Waals surface area (Å²) >= 11 is 0. The van der Waals surface area contributed by atoms with Crippen molar-refractivity contribution in [2.24, 2.45) is 0 Å². The maximum atomic E-state index is 13.8. The third-order valence-electron chi connectivity index (χ3n) is 7.06. The van der Waals surface area contributed by atoms with Gasteiger partial charge < -0.3 is 9.15 Å². The SMILES string of the molecule is CCCCOC(=O)c1ccc(N2C(=O)c3oc4ccc(C)cc4c(=O)c3C2c2ccc(C(C)C)cc2)cc1. The number of hydrogen-bond donors (Lipinski definition) is 0. The molecule has 1 aromatic heterocycles. The number of benzene rings is 3. The normalized spacial score (nSPS) is 14.8. The second kappa shape index (κ2) is 10.3. The number of aryl methyl sites for hydroxylation is 1. The second-order valence-corrected chi connectivity index (χ2v) is 10.1. The lowest BCUT2D eigenvalue weighted by molar-refractivity contribution is 0.0499. The Morgan fingerprint density at radius 1 is 1.00 bits per heavy atom. The minimum absolute atomic E-state index is 0.0485. The molecule has 4 aromatic rings. The first-order valence-corrected chi connectivity index (χ1v) is 13.1. The van der Waals surface area contributed by atoms with E-state index in [4.69, 9.17) is 9.15 Å². The highest BCUT2D eigenvalue weighted by Gasteiger charge is 2.43. The first-order chi connectivity index (χ1) is 18.3. The van der Waals surface area contributed by atoms with E-state index in [-0.39, 0.29) is 11.2 Å². The van der Waals surface area contributed by atoms with E-state index in [1.54, 1.807) is 41.3 Å². The van der Waals surface area contributed by atoms with E-state index < -0.39 is 17.9 Å². The molecule has 0 radical (unpaired) electrons. The Bertz CT molecular complexity index is 1570. The average Bonchev–Trinajstić information content (AvgIpc) is 3.21. The van der Waals surface area contributed by atoms with Crippen molar-refractivity contribution in [3.05, 3.63) is 111 Å². The molecule has 1 aliphatic heterocycles. The van der Waals surface area contributed by atoms with Gasteiger partial charge >= 0.3 is 5.97 Å². The topological polar surface area (TPSA) is 76.8 Å². The molecule has 6 nitrogen and oxygen atoms in total. The molecule has 3 aromatic carbocycles. The molecular weight excluding hydrogens is 478 g/mol. The number of ether oxygens (including phenoxy) is 1. The van der Waals surface area contributed by atoms with E-state index in [0.717, 1.165) is 29.5 Å². The van der Waals surface area contributed by atoms with Crippen molar-refractivity contribution >= 4 is 28.5 Å². The van der Waals surface area contributed by atoms with Crippen LogP contribution in [0.25, 0.3) is 11.0 Å². The summed E-state index contributed by atoms with van der Waals surface area (Å²) in [5, 5.41) is 0.451. The molecule has 1 unspecified atom stereocenters. The molecule has 1 aliphatic rings. The number of amides is 1. The van der Waals surface area contributed by atoms with E-state index in [0.29, 0.717) is 40.3 Å². The van der Waals surface area contributed by atoms with Crippen molar-refractivity contribution in [2.75, 3.05) is 11.5 Å². The predicted molar refractivity (Wildman–Crippen MR) is 148 cm³/mol. The maximum Gasteiger partial charge on any atom is 0.338 e. The highest BCUT2D eigenvalue weighted by Crippen LogP contribution is 2.41. The average molecular weight is 510 g/mol. The first-order valence-electron chi connectivity index (χ1n) is 13.1. The number of esters is 1. The van der Waals surface area contributed by atoms with Gasteiger partial charge in [-0.3, -0.25) is 14.5 Å². The summed E-state index contributed by atoms with van der Waals surface area (Å²) < 4.78 is 11.4. The van der Waals surface area contributed by atoms with Crippen LogP contribution in [0.15, 0.2) is 75.9 Å². The Morgan fingerprint density at radius 2 is 1.71 bits per heavy atom. The third-order valence-corrected chi connectivity index (χ3v) is 7.06. The van der Waals surface area contributed by atoms with Crippen LogP contribution in [-0.4, -0.2) is 18.5 Å². The molecule has 6 heteroatoms. The molecule has 0 saturated carbocycles. The Kier molecular flexibility index (Phi) is 6.89. The number of hydrogen-bond acceptors (Lipinski definition) is 5. The van der Waals surface area contributed by atoms with E-state index in [1.807, 2.05) is 44.2 Å². The van der Waals surface area contributed by atoms with Crippen LogP contribution in [0.3, 0.4) is 0 Å². The standard InChI is InChI=1S/C32H31NO5/c1-5-6-17-37-32(36)23-12-14-24(15-13-23)33-28(22-10-8-21(9-11-22)19(2)3)27-29(34)25-18-20(4)7-16-26(25)38-30(27)31(33)35/h7-16,18-19,28H,5-6,17H2,1-4H3. The lowest BCUT2D eigenvalue weighted by atomic mass is 9.95. The molecule has 2 heterocycles. The van der Waals surface area contributed by atoms with Crippen LogP contribution in [0.4, 0.5) is 5.69 Å². The molecule has 194 valence electrons. The summed E-state index contributed by atoms with van der Waals surface area (Å²) in [5.41, 5.74) is 4.37. The van der Waals surface area contributed by atoms with Crippen LogP contribution < -0.4 is 10.3 Å². The van der Waals surface area contributed by atoms with E-state index in [2.05, 4.69) is 13.8 Å². The lowest BCUT2D eigenvalue weighted by Gasteiger charge is -2.25. The highest BCUT2D eigenvalue weighted by atomic mass is 16.5. The van der Waals surface area contributed by atoms with E-state index in [1.165, 1.54) is 0 Å². The third kappa shape index (κ3) is 4.51. The first kappa shape index (κ1) is 25.5. The van der Waals surface area contributed by atoms with Crippen LogP contribution in [0.5, 0.6) is 0 Å². The molecule has 0 N–H and O–H groups in total. The second-order valence-electron chi connectivity index (χ2n) is 10.1. The van der Waals surface area contributed by atoms with Crippen LogP contribution in [0, 0.1) is 6.92 Å². The minimum Gasteiger partial charge on any atom is -0.462 e. The smallest absolute Gasteiger partial charge is 0.338 e. The Balaban J connectivity index is 1.62. The van der Waals surface area contributed by atoms with Crippen LogP contribution in [0.1, 0.15) is 88.7 Å². The highest BCUT2D eigenvalue weighted by molar-refractivity contribution is 6.10.